The summed E-state index contributed by atoms with van der Waals surface area (Å²) < 4.78 is 13.4. The van der Waals surface area contributed by atoms with Crippen molar-refractivity contribution in [3.05, 3.63) is 59.4 Å². The van der Waals surface area contributed by atoms with E-state index in [1.54, 1.807) is 6.07 Å². The first-order valence-corrected chi connectivity index (χ1v) is 5.82. The summed E-state index contributed by atoms with van der Waals surface area (Å²) in [7, 11) is 0. The molecule has 0 aliphatic carbocycles. The molecule has 0 amide bonds. The third kappa shape index (κ3) is 2.53. The number of hydrogen-bond donors (Lipinski definition) is 1. The zero-order valence-electron chi connectivity index (χ0n) is 9.91. The average Bonchev–Trinajstić information content (AvgIpc) is 2.39. The number of hydrogen-bond acceptors (Lipinski definition) is 1. The summed E-state index contributed by atoms with van der Waals surface area (Å²) in [6.07, 6.45) is 0.999. The summed E-state index contributed by atoms with van der Waals surface area (Å²) in [4.78, 5) is 0. The van der Waals surface area contributed by atoms with Crippen LogP contribution in [0.4, 0.5) is 4.39 Å². The minimum atomic E-state index is -0.233. The van der Waals surface area contributed by atoms with Crippen LogP contribution in [0.15, 0.2) is 42.5 Å². The van der Waals surface area contributed by atoms with Crippen molar-refractivity contribution in [3.63, 3.8) is 0 Å². The highest BCUT2D eigenvalue weighted by Gasteiger charge is 2.04. The molecule has 0 atom stereocenters. The molecule has 0 radical (unpaired) electrons. The molecule has 0 bridgehead atoms. The fraction of sp³-hybridized carbons (Fsp3) is 0.200. The van der Waals surface area contributed by atoms with E-state index in [4.69, 9.17) is 5.73 Å². The van der Waals surface area contributed by atoms with Gasteiger partial charge in [0, 0.05) is 12.1 Å². The van der Waals surface area contributed by atoms with Crippen molar-refractivity contribution in [2.45, 2.75) is 19.9 Å². The third-order valence-electron chi connectivity index (χ3n) is 2.93. The van der Waals surface area contributed by atoms with E-state index in [-0.39, 0.29) is 12.4 Å². The lowest BCUT2D eigenvalue weighted by molar-refractivity contribution is 0.611. The van der Waals surface area contributed by atoms with E-state index in [0.29, 0.717) is 5.56 Å². The minimum Gasteiger partial charge on any atom is -0.326 e. The molecule has 88 valence electrons. The van der Waals surface area contributed by atoms with Crippen LogP contribution in [0.25, 0.3) is 11.1 Å². The lowest BCUT2D eigenvalue weighted by Crippen LogP contribution is -1.99. The number of rotatable bonds is 3. The highest BCUT2D eigenvalue weighted by Crippen LogP contribution is 2.23. The molecular formula is C15H16FN. The molecule has 0 aliphatic rings. The zero-order chi connectivity index (χ0) is 12.3. The monoisotopic (exact) mass is 229 g/mol. The molecule has 2 aromatic carbocycles. The van der Waals surface area contributed by atoms with Gasteiger partial charge in [-0.3, -0.25) is 0 Å². The maximum absolute atomic E-state index is 13.4. The van der Waals surface area contributed by atoms with Crippen LogP contribution in [0.2, 0.25) is 0 Å². The Kier molecular flexibility index (Phi) is 3.55. The van der Waals surface area contributed by atoms with Gasteiger partial charge < -0.3 is 5.73 Å². The molecule has 0 aliphatic heterocycles. The Labute approximate surface area is 101 Å². The molecule has 17 heavy (non-hydrogen) atoms. The number of halogens is 1. The van der Waals surface area contributed by atoms with Gasteiger partial charge in [-0.1, -0.05) is 37.3 Å². The van der Waals surface area contributed by atoms with E-state index in [2.05, 4.69) is 19.1 Å². The van der Waals surface area contributed by atoms with Gasteiger partial charge in [-0.05, 0) is 35.2 Å². The van der Waals surface area contributed by atoms with Crippen LogP contribution in [0.5, 0.6) is 0 Å². The van der Waals surface area contributed by atoms with E-state index in [1.807, 2.05) is 18.2 Å². The van der Waals surface area contributed by atoms with Gasteiger partial charge >= 0.3 is 0 Å². The van der Waals surface area contributed by atoms with Gasteiger partial charge in [0.25, 0.3) is 0 Å². The first-order chi connectivity index (χ1) is 8.24. The molecule has 0 saturated heterocycles. The van der Waals surface area contributed by atoms with Crippen molar-refractivity contribution in [3.8, 4) is 11.1 Å². The zero-order valence-corrected chi connectivity index (χ0v) is 9.91. The molecule has 0 fully saturated rings. The Hall–Kier alpha value is -1.67. The summed E-state index contributed by atoms with van der Waals surface area (Å²) in [5, 5.41) is 0. The second-order valence-corrected chi connectivity index (χ2v) is 4.06. The first kappa shape index (κ1) is 11.8. The van der Waals surface area contributed by atoms with Crippen molar-refractivity contribution in [2.75, 3.05) is 0 Å². The number of benzene rings is 2. The van der Waals surface area contributed by atoms with Crippen molar-refractivity contribution in [1.82, 2.24) is 0 Å². The van der Waals surface area contributed by atoms with Crippen LogP contribution in [-0.4, -0.2) is 0 Å². The molecule has 1 nitrogen and oxygen atoms in total. The van der Waals surface area contributed by atoms with Crippen LogP contribution >= 0.6 is 0 Å². The van der Waals surface area contributed by atoms with Crippen molar-refractivity contribution < 1.29 is 4.39 Å². The Morgan fingerprint density at radius 1 is 1.06 bits per heavy atom. The lowest BCUT2D eigenvalue weighted by Gasteiger charge is -2.07. The van der Waals surface area contributed by atoms with Crippen LogP contribution in [0.3, 0.4) is 0 Å². The molecule has 0 saturated carbocycles. The molecule has 0 heterocycles. The van der Waals surface area contributed by atoms with Gasteiger partial charge in [0.2, 0.25) is 0 Å². The Bertz CT molecular complexity index is 520. The van der Waals surface area contributed by atoms with Gasteiger partial charge in [0.05, 0.1) is 0 Å². The molecule has 0 aromatic heterocycles. The summed E-state index contributed by atoms with van der Waals surface area (Å²) >= 11 is 0. The van der Waals surface area contributed by atoms with Gasteiger partial charge in [0.15, 0.2) is 0 Å². The Morgan fingerprint density at radius 3 is 2.53 bits per heavy atom. The standard InChI is InChI=1S/C15H16FN/c1-2-11-4-3-5-12(8-11)13-6-7-15(16)14(9-13)10-17/h3-9H,2,10,17H2,1H3. The smallest absolute Gasteiger partial charge is 0.127 e. The van der Waals surface area contributed by atoms with Crippen LogP contribution in [-0.2, 0) is 13.0 Å². The van der Waals surface area contributed by atoms with E-state index in [9.17, 15) is 4.39 Å². The summed E-state index contributed by atoms with van der Waals surface area (Å²) in [6.45, 7) is 2.35. The van der Waals surface area contributed by atoms with Gasteiger partial charge in [0.1, 0.15) is 5.82 Å². The molecular weight excluding hydrogens is 213 g/mol. The van der Waals surface area contributed by atoms with Crippen LogP contribution < -0.4 is 5.73 Å². The maximum Gasteiger partial charge on any atom is 0.127 e. The lowest BCUT2D eigenvalue weighted by atomic mass is 10.00. The van der Waals surface area contributed by atoms with Gasteiger partial charge in [-0.15, -0.1) is 0 Å². The van der Waals surface area contributed by atoms with E-state index in [1.165, 1.54) is 11.6 Å². The second-order valence-electron chi connectivity index (χ2n) is 4.06. The highest BCUT2D eigenvalue weighted by atomic mass is 19.1. The normalized spacial score (nSPS) is 10.5. The molecule has 2 rings (SSSR count). The Morgan fingerprint density at radius 2 is 1.82 bits per heavy atom. The largest absolute Gasteiger partial charge is 0.326 e. The third-order valence-corrected chi connectivity index (χ3v) is 2.93. The highest BCUT2D eigenvalue weighted by molar-refractivity contribution is 5.65. The summed E-state index contributed by atoms with van der Waals surface area (Å²) in [5.41, 5.74) is 9.48. The fourth-order valence-corrected chi connectivity index (χ4v) is 1.88. The SMILES string of the molecule is CCc1cccc(-c2ccc(F)c(CN)c2)c1. The molecule has 2 N–H and O–H groups in total. The van der Waals surface area contributed by atoms with Crippen LogP contribution in [0, 0.1) is 5.82 Å². The topological polar surface area (TPSA) is 26.0 Å². The number of aryl methyl sites for hydroxylation is 1. The van der Waals surface area contributed by atoms with Gasteiger partial charge in [-0.25, -0.2) is 4.39 Å². The van der Waals surface area contributed by atoms with Crippen molar-refractivity contribution in [2.24, 2.45) is 5.73 Å². The average molecular weight is 229 g/mol. The Balaban J connectivity index is 2.45. The second kappa shape index (κ2) is 5.11. The van der Waals surface area contributed by atoms with Gasteiger partial charge in [-0.2, -0.15) is 0 Å². The predicted octanol–water partition coefficient (Wildman–Crippen LogP) is 3.51. The first-order valence-electron chi connectivity index (χ1n) is 5.82. The van der Waals surface area contributed by atoms with E-state index in [0.717, 1.165) is 17.5 Å². The molecule has 0 spiro atoms. The van der Waals surface area contributed by atoms with E-state index >= 15 is 0 Å². The quantitative estimate of drug-likeness (QED) is 0.856. The van der Waals surface area contributed by atoms with Crippen molar-refractivity contribution >= 4 is 0 Å². The summed E-state index contributed by atoms with van der Waals surface area (Å²) in [6, 6.07) is 13.4. The molecule has 2 heteroatoms. The molecule has 2 aromatic rings. The molecule has 0 unspecified atom stereocenters. The summed E-state index contributed by atoms with van der Waals surface area (Å²) in [5.74, 6) is -0.233. The minimum absolute atomic E-state index is 0.229. The fourth-order valence-electron chi connectivity index (χ4n) is 1.88. The predicted molar refractivity (Wildman–Crippen MR) is 69.1 cm³/mol. The number of nitrogens with two attached hydrogens (primary N) is 1. The van der Waals surface area contributed by atoms with E-state index < -0.39 is 0 Å². The maximum atomic E-state index is 13.4. The van der Waals surface area contributed by atoms with Crippen LogP contribution in [0.1, 0.15) is 18.1 Å². The van der Waals surface area contributed by atoms with Crippen molar-refractivity contribution in [1.29, 1.82) is 0 Å².